The van der Waals surface area contributed by atoms with Crippen LogP contribution in [0.15, 0.2) is 12.2 Å². The molecule has 0 aliphatic carbocycles. The summed E-state index contributed by atoms with van der Waals surface area (Å²) in [5, 5.41) is 0. The number of quaternary nitrogens is 1. The van der Waals surface area contributed by atoms with Crippen molar-refractivity contribution in [1.29, 1.82) is 0 Å². The van der Waals surface area contributed by atoms with Crippen molar-refractivity contribution in [1.82, 2.24) is 0 Å². The Hall–Kier alpha value is -0.565. The van der Waals surface area contributed by atoms with Gasteiger partial charge in [-0.2, -0.15) is 0 Å². The van der Waals surface area contributed by atoms with Gasteiger partial charge in [0.05, 0.1) is 0 Å². The fraction of sp³-hybridized carbons (Fsp3) is 0.625. The van der Waals surface area contributed by atoms with Crippen LogP contribution in [-0.2, 0) is 4.79 Å². The maximum Gasteiger partial charge on any atom is 0.454 e. The lowest BCUT2D eigenvalue weighted by Crippen LogP contribution is -2.39. The Kier molecular flexibility index (Phi) is 3.53. The van der Waals surface area contributed by atoms with Crippen molar-refractivity contribution in [3.63, 3.8) is 0 Å². The molecular weight excluding hydrogens is 137 g/mol. The number of carbonyl (C=O) groups is 1. The van der Waals surface area contributed by atoms with Gasteiger partial charge in [-0.3, -0.25) is 4.79 Å². The van der Waals surface area contributed by atoms with Crippen LogP contribution in [0.1, 0.15) is 6.92 Å². The molecule has 0 atom stereocenters. The zero-order valence-corrected chi connectivity index (χ0v) is 7.85. The van der Waals surface area contributed by atoms with Gasteiger partial charge in [-0.15, -0.1) is 0 Å². The van der Waals surface area contributed by atoms with Crippen molar-refractivity contribution >= 4 is 13.2 Å². The highest BCUT2D eigenvalue weighted by Crippen LogP contribution is 1.98. The van der Waals surface area contributed by atoms with Gasteiger partial charge in [0.15, 0.2) is 5.78 Å². The maximum absolute atomic E-state index is 11.0. The molecule has 0 aromatic rings. The molecule has 0 bridgehead atoms. The van der Waals surface area contributed by atoms with Crippen LogP contribution in [0.5, 0.6) is 0 Å². The van der Waals surface area contributed by atoms with E-state index >= 15 is 0 Å². The minimum Gasteiger partial charge on any atom is -0.402 e. The molecule has 0 rings (SSSR count). The highest BCUT2D eigenvalue weighted by molar-refractivity contribution is 6.35. The summed E-state index contributed by atoms with van der Waals surface area (Å²) in [5.41, 5.74) is 0.634. The first-order chi connectivity index (χ1) is 4.83. The molecule has 0 spiro atoms. The predicted octanol–water partition coefficient (Wildman–Crippen LogP) is 0.875. The molecule has 0 unspecified atom stereocenters. The van der Waals surface area contributed by atoms with E-state index in [-0.39, 0.29) is 5.78 Å². The predicted molar refractivity (Wildman–Crippen MR) is 48.4 cm³/mol. The number of ketones is 1. The molecule has 0 amide bonds. The fourth-order valence-electron chi connectivity index (χ4n) is 0.531. The number of Topliss-reactive ketones (excluding diaryl/α,β-unsaturated/α-hetero) is 1. The van der Waals surface area contributed by atoms with Gasteiger partial charge >= 0.3 is 7.41 Å². The second-order valence-corrected chi connectivity index (χ2v) is 3.71. The summed E-state index contributed by atoms with van der Waals surface area (Å²) in [6.45, 7) is 5.32. The molecule has 0 fully saturated rings. The molecule has 0 heterocycles. The van der Waals surface area contributed by atoms with E-state index in [2.05, 4.69) is 6.58 Å². The van der Waals surface area contributed by atoms with Gasteiger partial charge in [0, 0.05) is 27.5 Å². The molecule has 1 radical (unpaired) electrons. The third-order valence-corrected chi connectivity index (χ3v) is 1.30. The molecule has 0 aliphatic rings. The van der Waals surface area contributed by atoms with Crippen molar-refractivity contribution < 1.29 is 9.19 Å². The van der Waals surface area contributed by atoms with Crippen LogP contribution in [0.25, 0.3) is 0 Å². The van der Waals surface area contributed by atoms with Gasteiger partial charge in [0.25, 0.3) is 0 Å². The molecular formula is C8H16BNO+. The first kappa shape index (κ1) is 10.4. The van der Waals surface area contributed by atoms with Crippen LogP contribution >= 0.6 is 0 Å². The number of hydrogen-bond donors (Lipinski definition) is 0. The van der Waals surface area contributed by atoms with Gasteiger partial charge in [-0.25, -0.2) is 0 Å². The van der Waals surface area contributed by atoms with Crippen LogP contribution in [0, 0.1) is 0 Å². The molecule has 0 aliphatic heterocycles. The fourth-order valence-corrected chi connectivity index (χ4v) is 0.531. The quantitative estimate of drug-likeness (QED) is 0.432. The topological polar surface area (TPSA) is 17.1 Å². The van der Waals surface area contributed by atoms with E-state index in [4.69, 9.17) is 0 Å². The van der Waals surface area contributed by atoms with Crippen LogP contribution < -0.4 is 0 Å². The highest BCUT2D eigenvalue weighted by atomic mass is 16.1. The van der Waals surface area contributed by atoms with Crippen molar-refractivity contribution in [3.05, 3.63) is 12.2 Å². The van der Waals surface area contributed by atoms with Crippen LogP contribution in [0.3, 0.4) is 0 Å². The molecule has 11 heavy (non-hydrogen) atoms. The molecule has 61 valence electrons. The molecule has 0 N–H and O–H groups in total. The number of hydrogen-bond acceptors (Lipinski definition) is 1. The van der Waals surface area contributed by atoms with Crippen LogP contribution in [0.2, 0.25) is 6.32 Å². The molecule has 0 saturated heterocycles. The van der Waals surface area contributed by atoms with Gasteiger partial charge in [0.1, 0.15) is 0 Å². The van der Waals surface area contributed by atoms with Gasteiger partial charge in [-0.1, -0.05) is 6.58 Å². The third kappa shape index (κ3) is 5.86. The lowest BCUT2D eigenvalue weighted by atomic mass is 9.81. The Labute approximate surface area is 69.7 Å². The van der Waals surface area contributed by atoms with Gasteiger partial charge in [0.2, 0.25) is 0 Å². The molecule has 0 aromatic carbocycles. The first-order valence-corrected chi connectivity index (χ1v) is 3.67. The number of carbonyl (C=O) groups excluding carboxylic acids is 1. The van der Waals surface area contributed by atoms with E-state index < -0.39 is 0 Å². The second kappa shape index (κ2) is 3.72. The first-order valence-electron chi connectivity index (χ1n) is 3.67. The molecule has 0 saturated carbocycles. The normalized spacial score (nSPS) is 10.9. The van der Waals surface area contributed by atoms with E-state index in [9.17, 15) is 4.79 Å². The number of allylic oxidation sites excluding steroid dienone is 1. The number of rotatable bonds is 4. The number of nitrogens with zero attached hydrogens (tertiary/aromatic N) is 1. The maximum atomic E-state index is 11.0. The SMILES string of the molecule is C=C(C)C(=O)C[B][N+](C)(C)C. The van der Waals surface area contributed by atoms with Crippen molar-refractivity contribution in [2.45, 2.75) is 13.2 Å². The van der Waals surface area contributed by atoms with Crippen molar-refractivity contribution in [3.8, 4) is 0 Å². The molecule has 3 heteroatoms. The van der Waals surface area contributed by atoms with Gasteiger partial charge < -0.3 is 4.39 Å². The average molecular weight is 153 g/mol. The third-order valence-electron chi connectivity index (χ3n) is 1.30. The Bertz CT molecular complexity index is 169. The van der Waals surface area contributed by atoms with E-state index in [0.29, 0.717) is 16.3 Å². The van der Waals surface area contributed by atoms with E-state index in [0.717, 1.165) is 0 Å². The zero-order valence-electron chi connectivity index (χ0n) is 7.85. The summed E-state index contributed by atoms with van der Waals surface area (Å²) >= 11 is 0. The van der Waals surface area contributed by atoms with Crippen molar-refractivity contribution in [2.24, 2.45) is 0 Å². The summed E-state index contributed by atoms with van der Waals surface area (Å²) < 4.78 is 0.707. The second-order valence-electron chi connectivity index (χ2n) is 3.71. The summed E-state index contributed by atoms with van der Waals surface area (Å²) in [4.78, 5) is 11.0. The summed E-state index contributed by atoms with van der Waals surface area (Å²) in [6.07, 6.45) is 0.485. The zero-order chi connectivity index (χ0) is 9.07. The minimum absolute atomic E-state index is 0.123. The van der Waals surface area contributed by atoms with E-state index in [1.54, 1.807) is 6.92 Å². The Balaban J connectivity index is 3.73. The largest absolute Gasteiger partial charge is 0.454 e. The summed E-state index contributed by atoms with van der Waals surface area (Å²) in [5.74, 6) is 0.123. The van der Waals surface area contributed by atoms with E-state index in [1.165, 1.54) is 0 Å². The average Bonchev–Trinajstić information content (AvgIpc) is 1.80. The molecule has 0 aromatic heterocycles. The van der Waals surface area contributed by atoms with E-state index in [1.807, 2.05) is 28.6 Å². The Morgan fingerprint density at radius 3 is 2.18 bits per heavy atom. The lowest BCUT2D eigenvalue weighted by molar-refractivity contribution is -0.755. The summed E-state index contributed by atoms with van der Waals surface area (Å²) in [7, 11) is 8.01. The van der Waals surface area contributed by atoms with Gasteiger partial charge in [-0.05, 0) is 12.5 Å². The minimum atomic E-state index is 0.123. The van der Waals surface area contributed by atoms with Crippen LogP contribution in [0.4, 0.5) is 0 Å². The Morgan fingerprint density at radius 2 is 1.91 bits per heavy atom. The summed E-state index contributed by atoms with van der Waals surface area (Å²) in [6, 6.07) is 0. The molecule has 2 nitrogen and oxygen atoms in total. The lowest BCUT2D eigenvalue weighted by Gasteiger charge is -2.22. The van der Waals surface area contributed by atoms with Crippen LogP contribution in [-0.4, -0.2) is 38.7 Å². The monoisotopic (exact) mass is 153 g/mol. The standard InChI is InChI=1S/C8H16BNO/c1-7(2)8(11)6-9-10(3,4)5/h1,6H2,2-5H3/q+1. The van der Waals surface area contributed by atoms with Crippen molar-refractivity contribution in [2.75, 3.05) is 21.1 Å². The Morgan fingerprint density at radius 1 is 1.45 bits per heavy atom. The highest BCUT2D eigenvalue weighted by Gasteiger charge is 2.16. The smallest absolute Gasteiger partial charge is 0.402 e.